The molecule has 0 radical (unpaired) electrons. The molecule has 0 spiro atoms. The summed E-state index contributed by atoms with van der Waals surface area (Å²) in [6.45, 7) is 1.45. The zero-order chi connectivity index (χ0) is 27.7. The van der Waals surface area contributed by atoms with Crippen molar-refractivity contribution in [2.75, 3.05) is 32.5 Å². The van der Waals surface area contributed by atoms with Crippen molar-refractivity contribution in [3.8, 4) is 28.5 Å². The molecular weight excluding hydrogens is 532 g/mol. The predicted molar refractivity (Wildman–Crippen MR) is 138 cm³/mol. The van der Waals surface area contributed by atoms with E-state index in [1.54, 1.807) is 33.7 Å². The highest BCUT2D eigenvalue weighted by molar-refractivity contribution is 7.92. The van der Waals surface area contributed by atoms with E-state index in [4.69, 9.17) is 4.74 Å². The normalized spacial score (nSPS) is 11.8. The Labute approximate surface area is 221 Å². The third kappa shape index (κ3) is 5.39. The Hall–Kier alpha value is -4.50. The largest absolute Gasteiger partial charge is 0.480 e. The molecule has 39 heavy (non-hydrogen) atoms. The second-order valence-electron chi connectivity index (χ2n) is 8.76. The van der Waals surface area contributed by atoms with E-state index in [1.807, 2.05) is 19.0 Å². The van der Waals surface area contributed by atoms with Crippen LogP contribution >= 0.6 is 0 Å². The fourth-order valence-electron chi connectivity index (χ4n) is 3.75. The number of pyridine rings is 1. The molecular formula is C24H23F2N9O3S. The number of benzene rings is 1. The van der Waals surface area contributed by atoms with Crippen LogP contribution in [0.3, 0.4) is 0 Å². The lowest BCUT2D eigenvalue weighted by molar-refractivity contribution is 0.370. The summed E-state index contributed by atoms with van der Waals surface area (Å²) in [5.41, 5.74) is 2.56. The number of aromatic nitrogens is 7. The molecule has 5 aromatic rings. The van der Waals surface area contributed by atoms with Gasteiger partial charge in [-0.2, -0.15) is 5.10 Å². The van der Waals surface area contributed by atoms with Crippen LogP contribution in [0.1, 0.15) is 0 Å². The highest BCUT2D eigenvalue weighted by Gasteiger charge is 2.22. The quantitative estimate of drug-likeness (QED) is 0.292. The Bertz CT molecular complexity index is 1770. The molecule has 202 valence electrons. The number of nitrogens with zero attached hydrogens (tertiary/aromatic N) is 8. The van der Waals surface area contributed by atoms with Crippen LogP contribution in [-0.2, 0) is 16.6 Å². The first kappa shape index (κ1) is 26.1. The lowest BCUT2D eigenvalue weighted by atomic mass is 10.2. The zero-order valence-corrected chi connectivity index (χ0v) is 21.9. The van der Waals surface area contributed by atoms with Gasteiger partial charge in [0.05, 0.1) is 31.7 Å². The van der Waals surface area contributed by atoms with E-state index >= 15 is 0 Å². The molecule has 0 atom stereocenters. The van der Waals surface area contributed by atoms with Gasteiger partial charge < -0.3 is 9.64 Å². The molecule has 0 aliphatic carbocycles. The number of hydrogen-bond acceptors (Lipinski definition) is 9. The SMILES string of the molecule is COc1ncc(-c2ccc3ncc(-c4cn(CCN(C)C)nn4)n3n2)cc1NS(=O)(=O)c1ccc(F)cc1F. The minimum absolute atomic E-state index is 0.0522. The standard InChI is InChI=1S/C24H23F2N9O3S/c1-33(2)8-9-34-14-20(29-32-34)21-13-27-23-7-5-18(30-35(21)23)15-10-19(24(38-3)28-12-15)31-39(36,37)22-6-4-16(25)11-17(22)26/h4-7,10-14,31H,8-9H2,1-3H3. The van der Waals surface area contributed by atoms with Crippen molar-refractivity contribution in [3.05, 3.63) is 66.6 Å². The Morgan fingerprint density at radius 3 is 2.62 bits per heavy atom. The van der Waals surface area contributed by atoms with Gasteiger partial charge in [-0.05, 0) is 44.4 Å². The topological polar surface area (TPSA) is 132 Å². The number of rotatable bonds is 9. The van der Waals surface area contributed by atoms with Crippen molar-refractivity contribution < 1.29 is 21.9 Å². The molecule has 0 amide bonds. The first-order valence-corrected chi connectivity index (χ1v) is 13.1. The Balaban J connectivity index is 1.49. The number of nitrogens with one attached hydrogen (secondary N) is 1. The van der Waals surface area contributed by atoms with Crippen LogP contribution in [0.15, 0.2) is 59.9 Å². The summed E-state index contributed by atoms with van der Waals surface area (Å²) >= 11 is 0. The van der Waals surface area contributed by atoms with Gasteiger partial charge in [0.2, 0.25) is 5.88 Å². The van der Waals surface area contributed by atoms with Crippen LogP contribution in [0, 0.1) is 11.6 Å². The number of likely N-dealkylation sites (N-methyl/N-ethyl adjacent to an activating group) is 1. The van der Waals surface area contributed by atoms with E-state index in [2.05, 4.69) is 30.1 Å². The van der Waals surface area contributed by atoms with Gasteiger partial charge in [0.25, 0.3) is 10.0 Å². The van der Waals surface area contributed by atoms with E-state index < -0.39 is 26.6 Å². The van der Waals surface area contributed by atoms with Gasteiger partial charge in [-0.25, -0.2) is 31.7 Å². The van der Waals surface area contributed by atoms with E-state index in [1.165, 1.54) is 19.4 Å². The van der Waals surface area contributed by atoms with E-state index in [-0.39, 0.29) is 11.6 Å². The van der Waals surface area contributed by atoms with Crippen LogP contribution in [-0.4, -0.2) is 75.6 Å². The predicted octanol–water partition coefficient (Wildman–Crippen LogP) is 2.70. The smallest absolute Gasteiger partial charge is 0.264 e. The van der Waals surface area contributed by atoms with Gasteiger partial charge in [-0.3, -0.25) is 9.40 Å². The molecule has 4 heterocycles. The summed E-state index contributed by atoms with van der Waals surface area (Å²) in [5, 5.41) is 13.1. The van der Waals surface area contributed by atoms with Crippen LogP contribution in [0.5, 0.6) is 5.88 Å². The van der Waals surface area contributed by atoms with Crippen molar-refractivity contribution >= 4 is 21.4 Å². The number of fused-ring (bicyclic) bond motifs is 1. The molecule has 0 aliphatic rings. The third-order valence-electron chi connectivity index (χ3n) is 5.71. The monoisotopic (exact) mass is 555 g/mol. The van der Waals surface area contributed by atoms with E-state index in [0.29, 0.717) is 40.9 Å². The van der Waals surface area contributed by atoms with Crippen molar-refractivity contribution in [2.24, 2.45) is 0 Å². The number of anilines is 1. The van der Waals surface area contributed by atoms with E-state index in [0.717, 1.165) is 18.7 Å². The second kappa shape index (κ2) is 10.3. The average Bonchev–Trinajstić information content (AvgIpc) is 3.53. The molecule has 0 unspecified atom stereocenters. The van der Waals surface area contributed by atoms with Gasteiger partial charge in [0, 0.05) is 24.4 Å². The van der Waals surface area contributed by atoms with Crippen LogP contribution in [0.4, 0.5) is 14.5 Å². The molecule has 0 saturated carbocycles. The lowest BCUT2D eigenvalue weighted by Crippen LogP contribution is -2.18. The zero-order valence-electron chi connectivity index (χ0n) is 21.1. The Morgan fingerprint density at radius 2 is 1.87 bits per heavy atom. The average molecular weight is 556 g/mol. The molecule has 4 aromatic heterocycles. The fourth-order valence-corrected chi connectivity index (χ4v) is 4.86. The summed E-state index contributed by atoms with van der Waals surface area (Å²) in [6.07, 6.45) is 4.89. The molecule has 12 nitrogen and oxygen atoms in total. The summed E-state index contributed by atoms with van der Waals surface area (Å²) in [7, 11) is 0.818. The van der Waals surface area contributed by atoms with Gasteiger partial charge in [0.1, 0.15) is 33.6 Å². The molecule has 1 N–H and O–H groups in total. The number of sulfonamides is 1. The minimum atomic E-state index is -4.44. The maximum absolute atomic E-state index is 14.2. The summed E-state index contributed by atoms with van der Waals surface area (Å²) < 4.78 is 64.0. The maximum atomic E-state index is 14.2. The number of hydrogen-bond donors (Lipinski definition) is 1. The fraction of sp³-hybridized carbons (Fsp3) is 0.208. The van der Waals surface area contributed by atoms with Crippen LogP contribution < -0.4 is 9.46 Å². The van der Waals surface area contributed by atoms with Crippen molar-refractivity contribution in [2.45, 2.75) is 11.4 Å². The van der Waals surface area contributed by atoms with Gasteiger partial charge in [0.15, 0.2) is 5.65 Å². The van der Waals surface area contributed by atoms with Gasteiger partial charge >= 0.3 is 0 Å². The maximum Gasteiger partial charge on any atom is 0.264 e. The molecule has 0 fully saturated rings. The molecule has 5 rings (SSSR count). The molecule has 0 bridgehead atoms. The summed E-state index contributed by atoms with van der Waals surface area (Å²) in [6, 6.07) is 7.07. The summed E-state index contributed by atoms with van der Waals surface area (Å²) in [4.78, 5) is 9.87. The first-order valence-electron chi connectivity index (χ1n) is 11.6. The summed E-state index contributed by atoms with van der Waals surface area (Å²) in [5.74, 6) is -2.18. The van der Waals surface area contributed by atoms with E-state index in [9.17, 15) is 17.2 Å². The van der Waals surface area contributed by atoms with Crippen molar-refractivity contribution in [3.63, 3.8) is 0 Å². The lowest BCUT2D eigenvalue weighted by Gasteiger charge is -2.13. The highest BCUT2D eigenvalue weighted by Crippen LogP contribution is 2.30. The van der Waals surface area contributed by atoms with Gasteiger partial charge in [-0.15, -0.1) is 5.10 Å². The van der Waals surface area contributed by atoms with Gasteiger partial charge in [-0.1, -0.05) is 5.21 Å². The Kier molecular flexibility index (Phi) is 6.93. The molecule has 0 saturated heterocycles. The molecule has 15 heteroatoms. The number of halogens is 2. The van der Waals surface area contributed by atoms with Crippen molar-refractivity contribution in [1.29, 1.82) is 0 Å². The van der Waals surface area contributed by atoms with Crippen molar-refractivity contribution in [1.82, 2.24) is 39.5 Å². The number of methoxy groups -OCH3 is 1. The van der Waals surface area contributed by atoms with Crippen LogP contribution in [0.2, 0.25) is 0 Å². The highest BCUT2D eigenvalue weighted by atomic mass is 32.2. The Morgan fingerprint density at radius 1 is 1.05 bits per heavy atom. The molecule has 1 aromatic carbocycles. The number of ether oxygens (including phenoxy) is 1. The number of imidazole rings is 1. The third-order valence-corrected chi connectivity index (χ3v) is 7.11. The van der Waals surface area contributed by atoms with Crippen LogP contribution in [0.25, 0.3) is 28.3 Å². The minimum Gasteiger partial charge on any atom is -0.480 e. The second-order valence-corrected chi connectivity index (χ2v) is 10.4. The molecule has 0 aliphatic heterocycles. The first-order chi connectivity index (χ1) is 18.6.